The van der Waals surface area contributed by atoms with Gasteiger partial charge in [-0.1, -0.05) is 25.4 Å². The second kappa shape index (κ2) is 8.33. The topological polar surface area (TPSA) is 103 Å². The number of hydrogen-bond donors (Lipinski definition) is 3. The summed E-state index contributed by atoms with van der Waals surface area (Å²) in [5.74, 6) is -2.68. The number of piperazine rings is 1. The number of carbonyl (C=O) groups is 2. The van der Waals surface area contributed by atoms with Crippen molar-refractivity contribution in [1.29, 1.82) is 0 Å². The summed E-state index contributed by atoms with van der Waals surface area (Å²) in [5.41, 5.74) is -0.0940. The van der Waals surface area contributed by atoms with Crippen molar-refractivity contribution in [2.45, 2.75) is 38.8 Å². The van der Waals surface area contributed by atoms with E-state index >= 15 is 0 Å². The zero-order valence-corrected chi connectivity index (χ0v) is 16.0. The molecule has 1 aromatic heterocycles. The normalized spacial score (nSPS) is 22.9. The number of amides is 1. The molecule has 7 nitrogen and oxygen atoms in total. The Morgan fingerprint density at radius 2 is 2.12 bits per heavy atom. The molecule has 1 amide bonds. The van der Waals surface area contributed by atoms with Crippen LogP contribution in [-0.4, -0.2) is 57.7 Å². The van der Waals surface area contributed by atoms with Crippen LogP contribution in [0.1, 0.15) is 32.9 Å². The molecule has 0 unspecified atom stereocenters. The Kier molecular flexibility index (Phi) is 6.60. The van der Waals surface area contributed by atoms with Gasteiger partial charge in [-0.25, -0.2) is 4.79 Å². The first kappa shape index (κ1) is 20.6. The number of carboxylic acid groups (broad SMARTS) is 1. The number of carboxylic acids is 1. The number of hydrogen-bond acceptors (Lipinski definition) is 5. The van der Waals surface area contributed by atoms with E-state index in [1.54, 1.807) is 17.0 Å². The van der Waals surface area contributed by atoms with Crippen LogP contribution in [0.2, 0.25) is 5.02 Å². The van der Waals surface area contributed by atoms with Crippen molar-refractivity contribution in [2.24, 2.45) is 11.8 Å². The number of nitrogens with one attached hydrogen (secondary N) is 1. The van der Waals surface area contributed by atoms with Gasteiger partial charge in [-0.3, -0.25) is 9.78 Å². The molecule has 8 heteroatoms. The summed E-state index contributed by atoms with van der Waals surface area (Å²) in [7, 11) is 0. The lowest BCUT2D eigenvalue weighted by molar-refractivity contribution is -0.160. The maximum atomic E-state index is 13.3. The summed E-state index contributed by atoms with van der Waals surface area (Å²) in [6.07, 6.45) is 0.0829. The molecule has 2 rings (SSSR count). The Hall–Kier alpha value is -1.70. The number of pyridine rings is 1. The number of carbonyl (C=O) groups excluding carboxylic acids is 1. The molecule has 2 heterocycles. The van der Waals surface area contributed by atoms with Crippen molar-refractivity contribution in [3.8, 4) is 0 Å². The summed E-state index contributed by atoms with van der Waals surface area (Å²) >= 11 is 5.92. The van der Waals surface area contributed by atoms with Gasteiger partial charge in [0.15, 0.2) is 6.10 Å². The third kappa shape index (κ3) is 4.34. The Bertz CT molecular complexity index is 652. The monoisotopic (exact) mass is 383 g/mol. The number of aromatic nitrogens is 1. The molecule has 3 N–H and O–H groups in total. The van der Waals surface area contributed by atoms with Crippen molar-refractivity contribution in [3.05, 3.63) is 29.0 Å². The molecule has 144 valence electrons. The molecule has 1 saturated heterocycles. The van der Waals surface area contributed by atoms with E-state index < -0.39 is 23.5 Å². The molecule has 1 aliphatic rings. The minimum atomic E-state index is -1.73. The summed E-state index contributed by atoms with van der Waals surface area (Å²) < 4.78 is 0. The quantitative estimate of drug-likeness (QED) is 0.687. The SMILES string of the molecule is CC(C)C[C@H](C(=O)N1CCNC[C@]1(C)c1ccc(Cl)cn1)[C@@H](O)C(=O)O. The second-order valence-corrected chi connectivity index (χ2v) is 7.76. The van der Waals surface area contributed by atoms with Gasteiger partial charge in [0.25, 0.3) is 0 Å². The number of nitrogens with zero attached hydrogens (tertiary/aromatic N) is 2. The van der Waals surface area contributed by atoms with Gasteiger partial charge in [0.05, 0.1) is 22.2 Å². The molecule has 0 bridgehead atoms. The van der Waals surface area contributed by atoms with Gasteiger partial charge in [-0.2, -0.15) is 0 Å². The number of halogens is 1. The van der Waals surface area contributed by atoms with Crippen LogP contribution in [0.5, 0.6) is 0 Å². The minimum Gasteiger partial charge on any atom is -0.479 e. The molecule has 1 fully saturated rings. The van der Waals surface area contributed by atoms with Crippen LogP contribution in [0.4, 0.5) is 0 Å². The zero-order valence-electron chi connectivity index (χ0n) is 15.3. The minimum absolute atomic E-state index is 0.0702. The van der Waals surface area contributed by atoms with Crippen molar-refractivity contribution < 1.29 is 19.8 Å². The first-order valence-electron chi connectivity index (χ1n) is 8.72. The van der Waals surface area contributed by atoms with E-state index in [-0.39, 0.29) is 11.8 Å². The standard InChI is InChI=1S/C18H26ClN3O4/c1-11(2)8-13(15(23)17(25)26)16(24)22-7-6-20-10-18(22,3)14-5-4-12(19)9-21-14/h4-5,9,11,13,15,20,23H,6-8,10H2,1-3H3,(H,25,26)/t13-,15+,18+/m0/s1. The predicted octanol–water partition coefficient (Wildman–Crippen LogP) is 1.49. The molecule has 26 heavy (non-hydrogen) atoms. The molecular formula is C18H26ClN3O4. The van der Waals surface area contributed by atoms with Gasteiger partial charge in [-0.05, 0) is 31.4 Å². The van der Waals surface area contributed by atoms with Crippen molar-refractivity contribution >= 4 is 23.5 Å². The number of aliphatic carboxylic acids is 1. The van der Waals surface area contributed by atoms with Crippen LogP contribution < -0.4 is 5.32 Å². The average molecular weight is 384 g/mol. The predicted molar refractivity (Wildman–Crippen MR) is 97.8 cm³/mol. The Balaban J connectivity index is 2.38. The van der Waals surface area contributed by atoms with Crippen LogP contribution in [0, 0.1) is 11.8 Å². The molecule has 1 aromatic rings. The lowest BCUT2D eigenvalue weighted by atomic mass is 9.86. The molecule has 0 aromatic carbocycles. The zero-order chi connectivity index (χ0) is 19.5. The highest BCUT2D eigenvalue weighted by Crippen LogP contribution is 2.32. The number of aliphatic hydroxyl groups excluding tert-OH is 1. The van der Waals surface area contributed by atoms with Gasteiger partial charge in [-0.15, -0.1) is 0 Å². The molecule has 0 spiro atoms. The Morgan fingerprint density at radius 3 is 2.65 bits per heavy atom. The molecule has 0 aliphatic carbocycles. The largest absolute Gasteiger partial charge is 0.479 e. The molecule has 0 radical (unpaired) electrons. The summed E-state index contributed by atoms with van der Waals surface area (Å²) in [5, 5.41) is 23.1. The van der Waals surface area contributed by atoms with Crippen LogP contribution in [0.3, 0.4) is 0 Å². The van der Waals surface area contributed by atoms with Crippen LogP contribution in [0.25, 0.3) is 0 Å². The van der Waals surface area contributed by atoms with E-state index in [0.29, 0.717) is 36.8 Å². The highest BCUT2D eigenvalue weighted by Gasteiger charge is 2.45. The maximum Gasteiger partial charge on any atom is 0.333 e. The fourth-order valence-corrected chi connectivity index (χ4v) is 3.50. The highest BCUT2D eigenvalue weighted by atomic mass is 35.5. The van der Waals surface area contributed by atoms with Crippen molar-refractivity contribution in [1.82, 2.24) is 15.2 Å². The van der Waals surface area contributed by atoms with Crippen LogP contribution >= 0.6 is 11.6 Å². The van der Waals surface area contributed by atoms with Gasteiger partial charge in [0, 0.05) is 25.8 Å². The van der Waals surface area contributed by atoms with Crippen molar-refractivity contribution in [3.63, 3.8) is 0 Å². The van der Waals surface area contributed by atoms with E-state index in [4.69, 9.17) is 11.6 Å². The summed E-state index contributed by atoms with van der Waals surface area (Å²) in [4.78, 5) is 30.6. The lowest BCUT2D eigenvalue weighted by Gasteiger charge is -2.46. The summed E-state index contributed by atoms with van der Waals surface area (Å²) in [6, 6.07) is 3.48. The number of rotatable bonds is 6. The Morgan fingerprint density at radius 1 is 1.42 bits per heavy atom. The fraction of sp³-hybridized carbons (Fsp3) is 0.611. The number of aliphatic hydroxyl groups is 1. The van der Waals surface area contributed by atoms with Crippen LogP contribution in [-0.2, 0) is 15.1 Å². The van der Waals surface area contributed by atoms with E-state index in [1.165, 1.54) is 6.20 Å². The molecule has 0 saturated carbocycles. The maximum absolute atomic E-state index is 13.3. The van der Waals surface area contributed by atoms with Gasteiger partial charge in [0.2, 0.25) is 5.91 Å². The average Bonchev–Trinajstić information content (AvgIpc) is 2.59. The van der Waals surface area contributed by atoms with E-state index in [1.807, 2.05) is 20.8 Å². The van der Waals surface area contributed by atoms with Gasteiger partial charge in [0.1, 0.15) is 0 Å². The van der Waals surface area contributed by atoms with E-state index in [9.17, 15) is 19.8 Å². The third-order valence-corrected chi connectivity index (χ3v) is 5.02. The highest BCUT2D eigenvalue weighted by molar-refractivity contribution is 6.30. The first-order valence-corrected chi connectivity index (χ1v) is 9.09. The van der Waals surface area contributed by atoms with Crippen molar-refractivity contribution in [2.75, 3.05) is 19.6 Å². The fourth-order valence-electron chi connectivity index (χ4n) is 3.39. The van der Waals surface area contributed by atoms with Crippen LogP contribution in [0.15, 0.2) is 18.3 Å². The molecular weight excluding hydrogens is 358 g/mol. The summed E-state index contributed by atoms with van der Waals surface area (Å²) in [6.45, 7) is 7.14. The second-order valence-electron chi connectivity index (χ2n) is 7.32. The van der Waals surface area contributed by atoms with Gasteiger partial charge >= 0.3 is 5.97 Å². The lowest BCUT2D eigenvalue weighted by Crippen LogP contribution is -2.62. The van der Waals surface area contributed by atoms with Gasteiger partial charge < -0.3 is 20.4 Å². The smallest absolute Gasteiger partial charge is 0.333 e. The van der Waals surface area contributed by atoms with E-state index in [2.05, 4.69) is 10.3 Å². The molecule has 1 aliphatic heterocycles. The first-order chi connectivity index (χ1) is 12.2. The van der Waals surface area contributed by atoms with E-state index in [0.717, 1.165) is 0 Å². The third-order valence-electron chi connectivity index (χ3n) is 4.80. The molecule has 3 atom stereocenters. The Labute approximate surface area is 158 Å².